The fraction of sp³-hybridized carbons (Fsp3) is 0.385. The minimum Gasteiger partial charge on any atom is -1.00 e. The molecule has 3 heteroatoms. The molecule has 84 valence electrons. The lowest BCUT2D eigenvalue weighted by Crippen LogP contribution is -3.00. The summed E-state index contributed by atoms with van der Waals surface area (Å²) in [6, 6.07) is 5.94. The maximum Gasteiger partial charge on any atom is 0.206 e. The second-order valence-corrected chi connectivity index (χ2v) is 4.58. The van der Waals surface area contributed by atoms with Gasteiger partial charge in [0.2, 0.25) is 5.69 Å². The molecule has 0 bridgehead atoms. The van der Waals surface area contributed by atoms with E-state index < -0.39 is 0 Å². The minimum atomic E-state index is 0. The van der Waals surface area contributed by atoms with Gasteiger partial charge in [-0.2, -0.15) is 0 Å². The molecule has 0 unspecified atom stereocenters. The summed E-state index contributed by atoms with van der Waals surface area (Å²) in [7, 11) is 2.08. The van der Waals surface area contributed by atoms with Gasteiger partial charge in [-0.25, -0.2) is 9.42 Å². The Morgan fingerprint density at radius 3 is 2.50 bits per heavy atom. The number of benzene rings is 1. The molecule has 0 spiro atoms. The van der Waals surface area contributed by atoms with Crippen LogP contribution in [0.1, 0.15) is 26.3 Å². The fourth-order valence-electron chi connectivity index (χ4n) is 2.18. The third-order valence-corrected chi connectivity index (χ3v) is 3.55. The van der Waals surface area contributed by atoms with E-state index in [1.54, 1.807) is 0 Å². The van der Waals surface area contributed by atoms with E-state index in [-0.39, 0.29) is 29.4 Å². The van der Waals surface area contributed by atoms with Gasteiger partial charge >= 0.3 is 0 Å². The lowest BCUT2D eigenvalue weighted by Gasteiger charge is -2.14. The Morgan fingerprint density at radius 1 is 1.31 bits per heavy atom. The lowest BCUT2D eigenvalue weighted by molar-refractivity contribution is -0.403. The first-order chi connectivity index (χ1) is 6.98. The van der Waals surface area contributed by atoms with Crippen LogP contribution in [-0.4, -0.2) is 17.3 Å². The Kier molecular flexibility index (Phi) is 3.44. The third-order valence-electron chi connectivity index (χ3n) is 3.55. The van der Waals surface area contributed by atoms with E-state index in [0.717, 1.165) is 5.69 Å². The lowest BCUT2D eigenvalue weighted by atomic mass is 9.82. The zero-order valence-corrected chi connectivity index (χ0v) is 12.2. The van der Waals surface area contributed by atoms with Crippen molar-refractivity contribution in [2.75, 3.05) is 7.05 Å². The highest BCUT2D eigenvalue weighted by Crippen LogP contribution is 2.40. The van der Waals surface area contributed by atoms with E-state index in [1.165, 1.54) is 17.0 Å². The summed E-state index contributed by atoms with van der Waals surface area (Å²) >= 11 is 0. The summed E-state index contributed by atoms with van der Waals surface area (Å²) in [5.74, 6) is 0. The maximum absolute atomic E-state index is 7.04. The van der Waals surface area contributed by atoms with Crippen LogP contribution in [0.2, 0.25) is 0 Å². The molecule has 0 atom stereocenters. The predicted molar refractivity (Wildman–Crippen MR) is 62.3 cm³/mol. The van der Waals surface area contributed by atoms with Gasteiger partial charge in [0.15, 0.2) is 11.4 Å². The summed E-state index contributed by atoms with van der Waals surface area (Å²) in [4.78, 5) is 3.49. The molecule has 0 fully saturated rings. The molecule has 0 radical (unpaired) electrons. The van der Waals surface area contributed by atoms with Gasteiger partial charge in [0.25, 0.3) is 0 Å². The zero-order chi connectivity index (χ0) is 11.2. The number of rotatable bonds is 0. The summed E-state index contributed by atoms with van der Waals surface area (Å²) in [5, 5.41) is 0. The molecule has 1 aliphatic heterocycles. The Hall–Kier alpha value is -0.890. The number of nitrogens with zero attached hydrogens (tertiary/aromatic N) is 2. The van der Waals surface area contributed by atoms with Crippen LogP contribution in [0.4, 0.5) is 11.4 Å². The molecular weight excluding hydrogens is 311 g/mol. The first-order valence-electron chi connectivity index (χ1n) is 5.08. The van der Waals surface area contributed by atoms with Crippen LogP contribution in [0.25, 0.3) is 4.85 Å². The van der Waals surface area contributed by atoms with Gasteiger partial charge in [-0.3, -0.25) is 0 Å². The minimum absolute atomic E-state index is 0. The van der Waals surface area contributed by atoms with E-state index in [4.69, 9.17) is 6.57 Å². The molecule has 16 heavy (non-hydrogen) atoms. The molecule has 0 saturated heterocycles. The number of hydrogen-bond acceptors (Lipinski definition) is 0. The Balaban J connectivity index is 0.00000128. The molecule has 1 heterocycles. The highest BCUT2D eigenvalue weighted by atomic mass is 127. The predicted octanol–water partition coefficient (Wildman–Crippen LogP) is 0.267. The molecule has 1 aliphatic rings. The Morgan fingerprint density at radius 2 is 1.94 bits per heavy atom. The molecule has 0 saturated carbocycles. The van der Waals surface area contributed by atoms with Crippen molar-refractivity contribution in [2.45, 2.75) is 26.2 Å². The SMILES string of the molecule is [C-]#[N+]c1ccc2c(c1)C(C)(C)C(C)=[N+]2C.[I-]. The number of hydrogen-bond donors (Lipinski definition) is 0. The summed E-state index contributed by atoms with van der Waals surface area (Å²) in [6.07, 6.45) is 0. The van der Waals surface area contributed by atoms with Crippen LogP contribution in [0, 0.1) is 6.57 Å². The fourth-order valence-corrected chi connectivity index (χ4v) is 2.18. The first-order valence-corrected chi connectivity index (χ1v) is 5.08. The van der Waals surface area contributed by atoms with Gasteiger partial charge in [-0.15, -0.1) is 0 Å². The molecule has 1 aromatic rings. The molecule has 0 N–H and O–H groups in total. The van der Waals surface area contributed by atoms with E-state index in [1.807, 2.05) is 18.2 Å². The molecular formula is C13H15IN2. The van der Waals surface area contributed by atoms with Crippen molar-refractivity contribution < 1.29 is 28.6 Å². The van der Waals surface area contributed by atoms with Crippen LogP contribution in [0.3, 0.4) is 0 Å². The van der Waals surface area contributed by atoms with Crippen LogP contribution in [0.15, 0.2) is 18.2 Å². The summed E-state index contributed by atoms with van der Waals surface area (Å²) < 4.78 is 2.21. The van der Waals surface area contributed by atoms with Crippen molar-refractivity contribution in [2.24, 2.45) is 0 Å². The quantitative estimate of drug-likeness (QED) is 0.367. The molecule has 0 aliphatic carbocycles. The molecule has 2 rings (SSSR count). The van der Waals surface area contributed by atoms with Gasteiger partial charge in [-0.1, -0.05) is 0 Å². The Labute approximate surface area is 114 Å². The van der Waals surface area contributed by atoms with Crippen molar-refractivity contribution in [1.29, 1.82) is 0 Å². The van der Waals surface area contributed by atoms with E-state index >= 15 is 0 Å². The van der Waals surface area contributed by atoms with E-state index in [2.05, 4.69) is 37.2 Å². The highest BCUT2D eigenvalue weighted by Gasteiger charge is 2.41. The van der Waals surface area contributed by atoms with Crippen molar-refractivity contribution >= 4 is 17.1 Å². The van der Waals surface area contributed by atoms with Crippen molar-refractivity contribution in [1.82, 2.24) is 0 Å². The maximum atomic E-state index is 7.04. The van der Waals surface area contributed by atoms with Gasteiger partial charge in [0.1, 0.15) is 7.05 Å². The molecule has 0 amide bonds. The topological polar surface area (TPSA) is 7.37 Å². The molecule has 0 aromatic heterocycles. The van der Waals surface area contributed by atoms with Gasteiger partial charge < -0.3 is 24.0 Å². The zero-order valence-electron chi connectivity index (χ0n) is 10.0. The monoisotopic (exact) mass is 326 g/mol. The average molecular weight is 326 g/mol. The molecule has 2 nitrogen and oxygen atoms in total. The standard InChI is InChI=1S/C13H15N2.HI/c1-9-13(2,3)11-8-10(14-4)6-7-12(11)15(9)5;/h6-8H,1-3,5H3;1H/q+1;/p-1. The second-order valence-electron chi connectivity index (χ2n) is 4.58. The van der Waals surface area contributed by atoms with E-state index in [9.17, 15) is 0 Å². The van der Waals surface area contributed by atoms with Crippen LogP contribution in [-0.2, 0) is 5.41 Å². The summed E-state index contributed by atoms with van der Waals surface area (Å²) in [5.41, 5.74) is 4.59. The average Bonchev–Trinajstić information content (AvgIpc) is 2.40. The van der Waals surface area contributed by atoms with Gasteiger partial charge in [0, 0.05) is 12.5 Å². The third kappa shape index (κ3) is 1.65. The van der Waals surface area contributed by atoms with Crippen molar-refractivity contribution in [3.05, 3.63) is 35.2 Å². The van der Waals surface area contributed by atoms with Crippen LogP contribution >= 0.6 is 0 Å². The van der Waals surface area contributed by atoms with Gasteiger partial charge in [-0.05, 0) is 32.0 Å². The normalized spacial score (nSPS) is 16.4. The Bertz CT molecular complexity index is 507. The smallest absolute Gasteiger partial charge is 0.206 e. The molecule has 1 aromatic carbocycles. The largest absolute Gasteiger partial charge is 1.00 e. The number of fused-ring (bicyclic) bond motifs is 1. The van der Waals surface area contributed by atoms with Crippen molar-refractivity contribution in [3.63, 3.8) is 0 Å². The highest BCUT2D eigenvalue weighted by molar-refractivity contribution is 5.93. The summed E-state index contributed by atoms with van der Waals surface area (Å²) in [6.45, 7) is 13.6. The number of halogens is 1. The van der Waals surface area contributed by atoms with Crippen LogP contribution in [0.5, 0.6) is 0 Å². The first kappa shape index (κ1) is 13.2. The van der Waals surface area contributed by atoms with Gasteiger partial charge in [0.05, 0.1) is 12.0 Å². The van der Waals surface area contributed by atoms with Crippen LogP contribution < -0.4 is 24.0 Å². The van der Waals surface area contributed by atoms with E-state index in [0.29, 0.717) is 0 Å². The van der Waals surface area contributed by atoms with Crippen molar-refractivity contribution in [3.8, 4) is 0 Å². The second kappa shape index (κ2) is 4.17.